The van der Waals surface area contributed by atoms with Crippen molar-refractivity contribution in [2.45, 2.75) is 12.3 Å². The fourth-order valence-corrected chi connectivity index (χ4v) is 2.64. The summed E-state index contributed by atoms with van der Waals surface area (Å²) in [6.45, 7) is 0.328. The SMILES string of the molecule is O=C(NCc1ccccc1)[C@]1(c2ccc(F)cc2)Nn2nncc2O1. The highest BCUT2D eigenvalue weighted by Gasteiger charge is 2.49. The predicted octanol–water partition coefficient (Wildman–Crippen LogP) is 1.52. The summed E-state index contributed by atoms with van der Waals surface area (Å²) >= 11 is 0. The molecule has 0 spiro atoms. The maximum absolute atomic E-state index is 13.3. The third kappa shape index (κ3) is 2.67. The molecule has 0 unspecified atom stereocenters. The first kappa shape index (κ1) is 15.1. The molecule has 25 heavy (non-hydrogen) atoms. The smallest absolute Gasteiger partial charge is 0.302 e. The molecule has 3 aromatic rings. The average molecular weight is 339 g/mol. The Kier molecular flexibility index (Phi) is 3.57. The Hall–Kier alpha value is -3.42. The van der Waals surface area contributed by atoms with Crippen molar-refractivity contribution in [3.8, 4) is 5.88 Å². The van der Waals surface area contributed by atoms with E-state index < -0.39 is 17.4 Å². The van der Waals surface area contributed by atoms with E-state index >= 15 is 0 Å². The molecule has 1 atom stereocenters. The van der Waals surface area contributed by atoms with Crippen LogP contribution >= 0.6 is 0 Å². The molecule has 2 aromatic carbocycles. The van der Waals surface area contributed by atoms with E-state index in [1.165, 1.54) is 35.3 Å². The summed E-state index contributed by atoms with van der Waals surface area (Å²) in [7, 11) is 0. The van der Waals surface area contributed by atoms with Crippen LogP contribution in [-0.4, -0.2) is 21.0 Å². The van der Waals surface area contributed by atoms with E-state index in [0.717, 1.165) is 5.56 Å². The zero-order chi connectivity index (χ0) is 17.3. The monoisotopic (exact) mass is 339 g/mol. The molecule has 8 heteroatoms. The largest absolute Gasteiger partial charge is 0.433 e. The lowest BCUT2D eigenvalue weighted by Gasteiger charge is -2.27. The summed E-state index contributed by atoms with van der Waals surface area (Å²) < 4.78 is 19.1. The zero-order valence-electron chi connectivity index (χ0n) is 13.0. The van der Waals surface area contributed by atoms with Gasteiger partial charge >= 0.3 is 5.72 Å². The summed E-state index contributed by atoms with van der Waals surface area (Å²) in [6, 6.07) is 15.0. The number of fused-ring (bicyclic) bond motifs is 1. The van der Waals surface area contributed by atoms with Gasteiger partial charge in [-0.25, -0.2) is 4.39 Å². The van der Waals surface area contributed by atoms with E-state index in [1.54, 1.807) is 0 Å². The first-order valence-corrected chi connectivity index (χ1v) is 7.63. The summed E-state index contributed by atoms with van der Waals surface area (Å²) in [6.07, 6.45) is 1.39. The van der Waals surface area contributed by atoms with Gasteiger partial charge in [0.25, 0.3) is 11.8 Å². The molecule has 2 heterocycles. The summed E-state index contributed by atoms with van der Waals surface area (Å²) in [5.41, 5.74) is 2.73. The van der Waals surface area contributed by atoms with Crippen molar-refractivity contribution in [1.82, 2.24) is 20.4 Å². The van der Waals surface area contributed by atoms with Crippen LogP contribution in [0, 0.1) is 5.82 Å². The third-order valence-corrected chi connectivity index (χ3v) is 3.91. The molecule has 0 radical (unpaired) electrons. The lowest BCUT2D eigenvalue weighted by molar-refractivity contribution is -0.134. The van der Waals surface area contributed by atoms with Crippen molar-refractivity contribution in [2.24, 2.45) is 0 Å². The Morgan fingerprint density at radius 1 is 1.20 bits per heavy atom. The van der Waals surface area contributed by atoms with Crippen LogP contribution in [0.15, 0.2) is 60.8 Å². The highest BCUT2D eigenvalue weighted by molar-refractivity contribution is 5.88. The Morgan fingerprint density at radius 3 is 2.68 bits per heavy atom. The second-order valence-corrected chi connectivity index (χ2v) is 5.55. The Bertz CT molecular complexity index is 874. The second-order valence-electron chi connectivity index (χ2n) is 5.55. The zero-order valence-corrected chi connectivity index (χ0v) is 13.0. The number of rotatable bonds is 4. The van der Waals surface area contributed by atoms with Crippen LogP contribution in [0.5, 0.6) is 5.88 Å². The summed E-state index contributed by atoms with van der Waals surface area (Å²) in [4.78, 5) is 14.2. The van der Waals surface area contributed by atoms with Crippen LogP contribution < -0.4 is 15.5 Å². The molecule has 126 valence electrons. The van der Waals surface area contributed by atoms with Gasteiger partial charge in [-0.3, -0.25) is 10.2 Å². The fourth-order valence-electron chi connectivity index (χ4n) is 2.64. The average Bonchev–Trinajstić information content (AvgIpc) is 3.21. The molecule has 0 aliphatic carbocycles. The second kappa shape index (κ2) is 5.90. The van der Waals surface area contributed by atoms with Gasteiger partial charge in [-0.1, -0.05) is 30.3 Å². The number of ether oxygens (including phenoxy) is 1. The van der Waals surface area contributed by atoms with Gasteiger partial charge in [0.05, 0.1) is 0 Å². The van der Waals surface area contributed by atoms with Crippen LogP contribution in [0.4, 0.5) is 4.39 Å². The topological polar surface area (TPSA) is 81.1 Å². The van der Waals surface area contributed by atoms with Crippen LogP contribution in [0.2, 0.25) is 0 Å². The Labute approximate surface area is 142 Å². The van der Waals surface area contributed by atoms with E-state index in [9.17, 15) is 9.18 Å². The number of nitrogens with one attached hydrogen (secondary N) is 2. The van der Waals surface area contributed by atoms with Crippen LogP contribution in [0.3, 0.4) is 0 Å². The van der Waals surface area contributed by atoms with Gasteiger partial charge in [-0.05, 0) is 35.0 Å². The molecule has 0 bridgehead atoms. The lowest BCUT2D eigenvalue weighted by Crippen LogP contribution is -2.53. The van der Waals surface area contributed by atoms with E-state index in [-0.39, 0.29) is 0 Å². The van der Waals surface area contributed by atoms with Crippen molar-refractivity contribution in [3.05, 3.63) is 77.7 Å². The van der Waals surface area contributed by atoms with E-state index in [1.807, 2.05) is 30.3 Å². The molecule has 4 rings (SSSR count). The number of benzene rings is 2. The van der Waals surface area contributed by atoms with E-state index in [4.69, 9.17) is 4.74 Å². The molecular formula is C17H14FN5O2. The number of aromatic nitrogens is 3. The van der Waals surface area contributed by atoms with Crippen LogP contribution in [0.25, 0.3) is 0 Å². The van der Waals surface area contributed by atoms with Crippen molar-refractivity contribution in [3.63, 3.8) is 0 Å². The summed E-state index contributed by atoms with van der Waals surface area (Å²) in [5, 5.41) is 10.4. The minimum atomic E-state index is -1.55. The fraction of sp³-hybridized carbons (Fsp3) is 0.118. The maximum atomic E-state index is 13.3. The number of hydrogen-bond acceptors (Lipinski definition) is 5. The number of nitrogens with zero attached hydrogens (tertiary/aromatic N) is 3. The quantitative estimate of drug-likeness (QED) is 0.753. The van der Waals surface area contributed by atoms with Crippen molar-refractivity contribution in [2.75, 3.05) is 5.43 Å². The van der Waals surface area contributed by atoms with E-state index in [2.05, 4.69) is 21.1 Å². The van der Waals surface area contributed by atoms with Gasteiger partial charge in [0.1, 0.15) is 12.0 Å². The molecule has 1 aromatic heterocycles. The minimum absolute atomic E-state index is 0.291. The van der Waals surface area contributed by atoms with Gasteiger partial charge < -0.3 is 10.1 Å². The van der Waals surface area contributed by atoms with Crippen molar-refractivity contribution in [1.29, 1.82) is 0 Å². The number of carbonyl (C=O) groups is 1. The first-order chi connectivity index (χ1) is 12.2. The molecule has 1 aliphatic rings. The van der Waals surface area contributed by atoms with Gasteiger partial charge in [-0.2, -0.15) is 0 Å². The first-order valence-electron chi connectivity index (χ1n) is 7.63. The minimum Gasteiger partial charge on any atom is -0.433 e. The van der Waals surface area contributed by atoms with Gasteiger partial charge in [0.15, 0.2) is 0 Å². The molecule has 7 nitrogen and oxygen atoms in total. The molecule has 0 fully saturated rings. The molecule has 0 saturated carbocycles. The summed E-state index contributed by atoms with van der Waals surface area (Å²) in [5.74, 6) is -0.534. The molecular weight excluding hydrogens is 325 g/mol. The highest BCUT2D eigenvalue weighted by atomic mass is 19.1. The number of hydrogen-bond donors (Lipinski definition) is 2. The predicted molar refractivity (Wildman–Crippen MR) is 86.4 cm³/mol. The van der Waals surface area contributed by atoms with E-state index in [0.29, 0.717) is 18.0 Å². The molecule has 2 N–H and O–H groups in total. The number of amides is 1. The third-order valence-electron chi connectivity index (χ3n) is 3.91. The number of carbonyl (C=O) groups excluding carboxylic acids is 1. The van der Waals surface area contributed by atoms with Crippen LogP contribution in [-0.2, 0) is 17.1 Å². The van der Waals surface area contributed by atoms with Gasteiger partial charge in [-0.15, -0.1) is 9.89 Å². The highest BCUT2D eigenvalue weighted by Crippen LogP contribution is 2.32. The normalized spacial score (nSPS) is 18.1. The standard InChI is InChI=1S/C17H14FN5O2/c18-14-8-6-13(7-9-14)17(21-23-15(25-17)11-20-22-23)16(24)19-10-12-4-2-1-3-5-12/h1-9,11,21H,10H2,(H,19,24)/t17-/m1/s1. The Morgan fingerprint density at radius 2 is 1.96 bits per heavy atom. The van der Waals surface area contributed by atoms with Crippen LogP contribution in [0.1, 0.15) is 11.1 Å². The molecule has 0 saturated heterocycles. The lowest BCUT2D eigenvalue weighted by atomic mass is 10.0. The maximum Gasteiger partial charge on any atom is 0.302 e. The Balaban J connectivity index is 1.63. The van der Waals surface area contributed by atoms with Gasteiger partial charge in [0.2, 0.25) is 0 Å². The molecule has 1 amide bonds. The van der Waals surface area contributed by atoms with Crippen molar-refractivity contribution < 1.29 is 13.9 Å². The number of halogens is 1. The van der Waals surface area contributed by atoms with Crippen molar-refractivity contribution >= 4 is 5.91 Å². The van der Waals surface area contributed by atoms with Gasteiger partial charge in [0, 0.05) is 12.1 Å². The molecule has 1 aliphatic heterocycles.